The van der Waals surface area contributed by atoms with Crippen molar-refractivity contribution in [2.24, 2.45) is 0 Å². The zero-order chi connectivity index (χ0) is 13.1. The topological polar surface area (TPSA) is 50.7 Å². The third-order valence-corrected chi connectivity index (χ3v) is 3.69. The maximum atomic E-state index is 5.89. The fourth-order valence-corrected chi connectivity index (χ4v) is 2.63. The van der Waals surface area contributed by atoms with Gasteiger partial charge in [0.2, 0.25) is 0 Å². The summed E-state index contributed by atoms with van der Waals surface area (Å²) in [5.41, 5.74) is 2.15. The Labute approximate surface area is 115 Å². The average Bonchev–Trinajstić information content (AvgIpc) is 2.76. The molecule has 2 rings (SSSR count). The number of hydrogen-bond acceptors (Lipinski definition) is 5. The Hall–Kier alpha value is -1.20. The highest BCUT2D eigenvalue weighted by molar-refractivity contribution is 7.18. The number of hydrogen-bond donors (Lipinski definition) is 1. The molecule has 6 heteroatoms. The van der Waals surface area contributed by atoms with Crippen molar-refractivity contribution in [3.05, 3.63) is 21.8 Å². The lowest BCUT2D eigenvalue weighted by Crippen LogP contribution is -2.07. The maximum Gasteiger partial charge on any atom is 0.190 e. The highest BCUT2D eigenvalue weighted by Gasteiger charge is 2.13. The van der Waals surface area contributed by atoms with Crippen molar-refractivity contribution < 1.29 is 0 Å². The van der Waals surface area contributed by atoms with Crippen molar-refractivity contribution in [2.45, 2.75) is 27.2 Å². The quantitative estimate of drug-likeness (QED) is 0.932. The van der Waals surface area contributed by atoms with Crippen LogP contribution < -0.4 is 5.32 Å². The van der Waals surface area contributed by atoms with Crippen LogP contribution in [0.4, 0.5) is 5.82 Å². The van der Waals surface area contributed by atoms with Crippen LogP contribution in [0.2, 0.25) is 4.34 Å². The average molecular weight is 283 g/mol. The van der Waals surface area contributed by atoms with Crippen LogP contribution in [0.3, 0.4) is 0 Å². The predicted octanol–water partition coefficient (Wildman–Crippen LogP) is 3.56. The molecular weight excluding hydrogens is 268 g/mol. The molecule has 0 amide bonds. The second kappa shape index (κ2) is 5.63. The van der Waals surface area contributed by atoms with Crippen LogP contribution >= 0.6 is 22.9 Å². The van der Waals surface area contributed by atoms with E-state index in [0.29, 0.717) is 10.2 Å². The molecule has 96 valence electrons. The van der Waals surface area contributed by atoms with Crippen molar-refractivity contribution >= 4 is 28.8 Å². The molecule has 2 heterocycles. The molecule has 0 aliphatic rings. The summed E-state index contributed by atoms with van der Waals surface area (Å²) < 4.78 is 0.649. The number of nitrogens with one attached hydrogen (secondary N) is 1. The highest BCUT2D eigenvalue weighted by atomic mass is 35.5. The van der Waals surface area contributed by atoms with Gasteiger partial charge in [0.25, 0.3) is 0 Å². The van der Waals surface area contributed by atoms with E-state index in [9.17, 15) is 0 Å². The van der Waals surface area contributed by atoms with Gasteiger partial charge in [-0.25, -0.2) is 15.0 Å². The van der Waals surface area contributed by atoms with Gasteiger partial charge in [-0.05, 0) is 20.3 Å². The molecule has 0 atom stereocenters. The first kappa shape index (κ1) is 13.2. The van der Waals surface area contributed by atoms with Gasteiger partial charge in [-0.1, -0.05) is 29.9 Å². The molecule has 0 spiro atoms. The molecule has 2 aromatic heterocycles. The van der Waals surface area contributed by atoms with Gasteiger partial charge in [0.1, 0.15) is 10.2 Å². The highest BCUT2D eigenvalue weighted by Crippen LogP contribution is 2.28. The van der Waals surface area contributed by atoms with Gasteiger partial charge < -0.3 is 5.32 Å². The molecular formula is C12H15ClN4S. The van der Waals surface area contributed by atoms with Crippen molar-refractivity contribution in [1.29, 1.82) is 0 Å². The number of anilines is 1. The van der Waals surface area contributed by atoms with Gasteiger partial charge >= 0.3 is 0 Å². The lowest BCUT2D eigenvalue weighted by Gasteiger charge is -2.11. The SMILES string of the molecule is CCNc1nc(-c2ncc(Cl)s2)nc(C)c1CC. The largest absolute Gasteiger partial charge is 0.370 e. The van der Waals surface area contributed by atoms with E-state index in [2.05, 4.69) is 34.1 Å². The van der Waals surface area contributed by atoms with Gasteiger partial charge in [-0.2, -0.15) is 0 Å². The third kappa shape index (κ3) is 2.62. The Morgan fingerprint density at radius 3 is 2.67 bits per heavy atom. The van der Waals surface area contributed by atoms with Crippen LogP contribution in [-0.4, -0.2) is 21.5 Å². The van der Waals surface area contributed by atoms with Crippen LogP contribution in [0, 0.1) is 6.92 Å². The molecule has 0 aromatic carbocycles. The molecule has 18 heavy (non-hydrogen) atoms. The van der Waals surface area contributed by atoms with E-state index < -0.39 is 0 Å². The van der Waals surface area contributed by atoms with E-state index in [1.807, 2.05) is 6.92 Å². The van der Waals surface area contributed by atoms with Crippen molar-refractivity contribution in [1.82, 2.24) is 15.0 Å². The van der Waals surface area contributed by atoms with Gasteiger partial charge in [-0.15, -0.1) is 0 Å². The Bertz CT molecular complexity index is 553. The van der Waals surface area contributed by atoms with Gasteiger partial charge in [0.05, 0.1) is 6.20 Å². The third-order valence-electron chi connectivity index (χ3n) is 2.58. The lowest BCUT2D eigenvalue weighted by molar-refractivity contribution is 0.987. The van der Waals surface area contributed by atoms with Crippen LogP contribution in [0.1, 0.15) is 25.1 Å². The fraction of sp³-hybridized carbons (Fsp3) is 0.417. The summed E-state index contributed by atoms with van der Waals surface area (Å²) >= 11 is 7.29. The summed E-state index contributed by atoms with van der Waals surface area (Å²) in [5, 5.41) is 4.03. The number of aryl methyl sites for hydroxylation is 1. The first-order valence-electron chi connectivity index (χ1n) is 5.88. The maximum absolute atomic E-state index is 5.89. The van der Waals surface area contributed by atoms with Crippen molar-refractivity contribution in [2.75, 3.05) is 11.9 Å². The zero-order valence-corrected chi connectivity index (χ0v) is 12.2. The number of halogens is 1. The van der Waals surface area contributed by atoms with Gasteiger partial charge in [0.15, 0.2) is 10.8 Å². The van der Waals surface area contributed by atoms with Crippen LogP contribution in [0.5, 0.6) is 0 Å². The number of nitrogens with zero attached hydrogens (tertiary/aromatic N) is 3. The molecule has 2 aromatic rings. The van der Waals surface area contributed by atoms with Gasteiger partial charge in [0, 0.05) is 17.8 Å². The van der Waals surface area contributed by atoms with E-state index in [1.165, 1.54) is 11.3 Å². The van der Waals surface area contributed by atoms with E-state index in [-0.39, 0.29) is 0 Å². The summed E-state index contributed by atoms with van der Waals surface area (Å²) in [7, 11) is 0. The van der Waals surface area contributed by atoms with Gasteiger partial charge in [-0.3, -0.25) is 0 Å². The second-order valence-electron chi connectivity index (χ2n) is 3.81. The summed E-state index contributed by atoms with van der Waals surface area (Å²) in [4.78, 5) is 13.3. The summed E-state index contributed by atoms with van der Waals surface area (Å²) in [6.07, 6.45) is 2.54. The first-order chi connectivity index (χ1) is 8.65. The Kier molecular flexibility index (Phi) is 4.14. The molecule has 0 aliphatic heterocycles. The van der Waals surface area contributed by atoms with E-state index in [4.69, 9.17) is 11.6 Å². The number of thiazole rings is 1. The lowest BCUT2D eigenvalue weighted by atomic mass is 10.1. The first-order valence-corrected chi connectivity index (χ1v) is 7.08. The minimum absolute atomic E-state index is 0.637. The molecule has 0 saturated carbocycles. The van der Waals surface area contributed by atoms with E-state index >= 15 is 0 Å². The monoisotopic (exact) mass is 282 g/mol. The molecule has 0 unspecified atom stereocenters. The normalized spacial score (nSPS) is 10.7. The molecule has 0 saturated heterocycles. The Balaban J connectivity index is 2.50. The number of aromatic nitrogens is 3. The summed E-state index contributed by atoms with van der Waals surface area (Å²) in [6, 6.07) is 0. The summed E-state index contributed by atoms with van der Waals surface area (Å²) in [5.74, 6) is 1.53. The zero-order valence-electron chi connectivity index (χ0n) is 10.6. The van der Waals surface area contributed by atoms with Crippen molar-refractivity contribution in [3.8, 4) is 10.8 Å². The standard InChI is InChI=1S/C12H15ClN4S/c1-4-8-7(3)16-11(17-10(8)14-5-2)12-15-6-9(13)18-12/h6H,4-5H2,1-3H3,(H,14,16,17). The smallest absolute Gasteiger partial charge is 0.190 e. The van der Waals surface area contributed by atoms with Crippen LogP contribution in [-0.2, 0) is 6.42 Å². The number of rotatable bonds is 4. The molecule has 0 fully saturated rings. The second-order valence-corrected chi connectivity index (χ2v) is 5.48. The van der Waals surface area contributed by atoms with Crippen LogP contribution in [0.15, 0.2) is 6.20 Å². The summed E-state index contributed by atoms with van der Waals surface area (Å²) in [6.45, 7) is 6.99. The fourth-order valence-electron chi connectivity index (χ4n) is 1.79. The molecule has 0 aliphatic carbocycles. The van der Waals surface area contributed by atoms with Crippen LogP contribution in [0.25, 0.3) is 10.8 Å². The minimum Gasteiger partial charge on any atom is -0.370 e. The Morgan fingerprint density at radius 1 is 1.33 bits per heavy atom. The molecule has 0 bridgehead atoms. The van der Waals surface area contributed by atoms with E-state index in [0.717, 1.165) is 35.0 Å². The molecule has 4 nitrogen and oxygen atoms in total. The van der Waals surface area contributed by atoms with Crippen molar-refractivity contribution in [3.63, 3.8) is 0 Å². The molecule has 1 N–H and O–H groups in total. The molecule has 0 radical (unpaired) electrons. The minimum atomic E-state index is 0.637. The predicted molar refractivity (Wildman–Crippen MR) is 76.4 cm³/mol. The van der Waals surface area contributed by atoms with E-state index in [1.54, 1.807) is 6.20 Å². The Morgan fingerprint density at radius 2 is 2.11 bits per heavy atom.